The van der Waals surface area contributed by atoms with E-state index >= 15 is 0 Å². The minimum Gasteiger partial charge on any atom is -0.480 e. The van der Waals surface area contributed by atoms with Crippen LogP contribution in [0, 0.1) is 5.41 Å². The summed E-state index contributed by atoms with van der Waals surface area (Å²) >= 11 is 0. The molecule has 1 atom stereocenters. The van der Waals surface area contributed by atoms with Crippen LogP contribution in [0.5, 0.6) is 0 Å². The second-order valence-corrected chi connectivity index (χ2v) is 5.80. The van der Waals surface area contributed by atoms with Crippen LogP contribution in [0.15, 0.2) is 0 Å². The molecule has 0 bridgehead atoms. The summed E-state index contributed by atoms with van der Waals surface area (Å²) < 4.78 is 30.2. The van der Waals surface area contributed by atoms with Crippen LogP contribution in [0.1, 0.15) is 20.8 Å². The molecule has 1 amide bonds. The van der Waals surface area contributed by atoms with Crippen molar-refractivity contribution in [3.8, 4) is 0 Å². The second-order valence-electron chi connectivity index (χ2n) is 4.35. The third-order valence-electron chi connectivity index (χ3n) is 1.79. The zero-order chi connectivity index (χ0) is 13.9. The Kier molecular flexibility index (Phi) is 4.90. The lowest BCUT2D eigenvalue weighted by Crippen LogP contribution is -2.53. The second kappa shape index (κ2) is 5.32. The van der Waals surface area contributed by atoms with Crippen molar-refractivity contribution in [2.75, 3.05) is 7.11 Å². The van der Waals surface area contributed by atoms with Crippen LogP contribution in [-0.2, 0) is 19.7 Å². The fraction of sp³-hybridized carbons (Fsp3) is 0.750. The first kappa shape index (κ1) is 15.7. The molecule has 0 fully saturated rings. The summed E-state index contributed by atoms with van der Waals surface area (Å²) in [6, 6.07) is -1.37. The first-order valence-corrected chi connectivity index (χ1v) is 6.08. The van der Waals surface area contributed by atoms with Crippen LogP contribution in [-0.4, -0.2) is 38.7 Å². The largest absolute Gasteiger partial charge is 0.480 e. The van der Waals surface area contributed by atoms with E-state index in [0.717, 1.165) is 7.11 Å². The topological polar surface area (TPSA) is 122 Å². The molecule has 100 valence electrons. The normalized spacial score (nSPS) is 13.9. The lowest BCUT2D eigenvalue weighted by Gasteiger charge is -2.27. The third kappa shape index (κ3) is 5.50. The number of methoxy groups -OCH3 is 1. The van der Waals surface area contributed by atoms with Gasteiger partial charge in [0.1, 0.15) is 6.04 Å². The van der Waals surface area contributed by atoms with Gasteiger partial charge in [-0.3, -0.25) is 4.79 Å². The maximum Gasteiger partial charge on any atom is 0.421 e. The molecule has 0 aromatic heterocycles. The number of carbonyl (C=O) groups is 2. The maximum absolute atomic E-state index is 11.4. The van der Waals surface area contributed by atoms with Crippen LogP contribution < -0.4 is 9.44 Å². The first-order chi connectivity index (χ1) is 7.49. The molecule has 0 aliphatic carbocycles. The van der Waals surface area contributed by atoms with E-state index in [9.17, 15) is 18.0 Å². The van der Waals surface area contributed by atoms with E-state index in [4.69, 9.17) is 5.11 Å². The zero-order valence-electron chi connectivity index (χ0n) is 9.97. The van der Waals surface area contributed by atoms with Crippen molar-refractivity contribution in [3.63, 3.8) is 0 Å². The molecule has 0 heterocycles. The van der Waals surface area contributed by atoms with Gasteiger partial charge in [-0.2, -0.15) is 13.1 Å². The molecule has 0 aromatic carbocycles. The summed E-state index contributed by atoms with van der Waals surface area (Å²) in [5.41, 5.74) is -0.850. The SMILES string of the molecule is COC(=O)NS(=O)(=O)NC(C(=O)O)C(C)(C)C. The van der Waals surface area contributed by atoms with Gasteiger partial charge in [0, 0.05) is 0 Å². The molecule has 1 unspecified atom stereocenters. The van der Waals surface area contributed by atoms with Crippen LogP contribution in [0.25, 0.3) is 0 Å². The van der Waals surface area contributed by atoms with Crippen molar-refractivity contribution >= 4 is 22.3 Å². The lowest BCUT2D eigenvalue weighted by molar-refractivity contribution is -0.141. The highest BCUT2D eigenvalue weighted by Crippen LogP contribution is 2.19. The molecule has 3 N–H and O–H groups in total. The predicted molar refractivity (Wildman–Crippen MR) is 58.5 cm³/mol. The van der Waals surface area contributed by atoms with E-state index in [1.807, 2.05) is 4.72 Å². The maximum atomic E-state index is 11.4. The van der Waals surface area contributed by atoms with Crippen LogP contribution in [0.2, 0.25) is 0 Å². The average molecular weight is 268 g/mol. The van der Waals surface area contributed by atoms with Gasteiger partial charge >= 0.3 is 22.3 Å². The number of nitrogens with one attached hydrogen (secondary N) is 2. The number of rotatable bonds is 4. The Bertz CT molecular complexity index is 397. The Morgan fingerprint density at radius 1 is 1.29 bits per heavy atom. The Morgan fingerprint density at radius 2 is 1.76 bits per heavy atom. The molecule has 0 aliphatic heterocycles. The van der Waals surface area contributed by atoms with E-state index in [0.29, 0.717) is 0 Å². The number of carboxylic acids is 1. The monoisotopic (exact) mass is 268 g/mol. The van der Waals surface area contributed by atoms with Gasteiger partial charge in [-0.25, -0.2) is 9.52 Å². The van der Waals surface area contributed by atoms with Crippen molar-refractivity contribution in [1.82, 2.24) is 9.44 Å². The summed E-state index contributed by atoms with van der Waals surface area (Å²) in [6.45, 7) is 4.64. The number of ether oxygens (including phenoxy) is 1. The molecule has 17 heavy (non-hydrogen) atoms. The molecule has 9 heteroatoms. The standard InChI is InChI=1S/C8H16N2O6S/c1-8(2,3)5(6(11)12)9-17(14,15)10-7(13)16-4/h5,9H,1-4H3,(H,10,13)(H,11,12). The predicted octanol–water partition coefficient (Wildman–Crippen LogP) is -0.324. The molecule has 0 aromatic rings. The minimum absolute atomic E-state index is 0.850. The van der Waals surface area contributed by atoms with Crippen molar-refractivity contribution in [1.29, 1.82) is 0 Å². The van der Waals surface area contributed by atoms with Gasteiger partial charge in [-0.15, -0.1) is 0 Å². The van der Waals surface area contributed by atoms with Crippen molar-refractivity contribution in [2.24, 2.45) is 5.41 Å². The first-order valence-electron chi connectivity index (χ1n) is 4.60. The molecule has 0 radical (unpaired) electrons. The van der Waals surface area contributed by atoms with Gasteiger partial charge in [0.05, 0.1) is 7.11 Å². The smallest absolute Gasteiger partial charge is 0.421 e. The van der Waals surface area contributed by atoms with Crippen LogP contribution in [0.3, 0.4) is 0 Å². The number of aliphatic carboxylic acids is 1. The molecular weight excluding hydrogens is 252 g/mol. The Balaban J connectivity index is 4.90. The average Bonchev–Trinajstić information content (AvgIpc) is 2.11. The van der Waals surface area contributed by atoms with E-state index in [1.165, 1.54) is 4.72 Å². The number of amides is 1. The molecule has 0 saturated heterocycles. The minimum atomic E-state index is -4.28. The molecule has 8 nitrogen and oxygen atoms in total. The molecule has 0 saturated carbocycles. The van der Waals surface area contributed by atoms with Crippen LogP contribution in [0.4, 0.5) is 4.79 Å². The van der Waals surface area contributed by atoms with Crippen molar-refractivity contribution in [2.45, 2.75) is 26.8 Å². The summed E-state index contributed by atoms with van der Waals surface area (Å²) in [7, 11) is -3.29. The molecule has 0 rings (SSSR count). The number of carbonyl (C=O) groups excluding carboxylic acids is 1. The van der Waals surface area contributed by atoms with Crippen LogP contribution >= 0.6 is 0 Å². The molecule has 0 aliphatic rings. The van der Waals surface area contributed by atoms with E-state index < -0.39 is 33.7 Å². The highest BCUT2D eigenvalue weighted by Gasteiger charge is 2.35. The van der Waals surface area contributed by atoms with Crippen molar-refractivity contribution in [3.05, 3.63) is 0 Å². The molecule has 0 spiro atoms. The lowest BCUT2D eigenvalue weighted by atomic mass is 9.88. The highest BCUT2D eigenvalue weighted by atomic mass is 32.2. The summed E-state index contributed by atoms with van der Waals surface area (Å²) in [5.74, 6) is -1.34. The van der Waals surface area contributed by atoms with Gasteiger partial charge < -0.3 is 9.84 Å². The van der Waals surface area contributed by atoms with Gasteiger partial charge in [0.2, 0.25) is 0 Å². The quantitative estimate of drug-likeness (QED) is 0.642. The van der Waals surface area contributed by atoms with Gasteiger partial charge in [-0.1, -0.05) is 20.8 Å². The Morgan fingerprint density at radius 3 is 2.06 bits per heavy atom. The summed E-state index contributed by atoms with van der Waals surface area (Å²) in [5, 5.41) is 8.89. The fourth-order valence-electron chi connectivity index (χ4n) is 0.934. The van der Waals surface area contributed by atoms with Gasteiger partial charge in [0.15, 0.2) is 0 Å². The molecular formula is C8H16N2O6S. The number of hydrogen-bond acceptors (Lipinski definition) is 5. The zero-order valence-corrected chi connectivity index (χ0v) is 10.8. The van der Waals surface area contributed by atoms with Crippen molar-refractivity contribution < 1.29 is 27.9 Å². The van der Waals surface area contributed by atoms with E-state index in [-0.39, 0.29) is 0 Å². The van der Waals surface area contributed by atoms with E-state index in [1.54, 1.807) is 20.8 Å². The third-order valence-corrected chi connectivity index (χ3v) is 2.77. The fourth-order valence-corrected chi connectivity index (χ4v) is 2.06. The number of carboxylic acid groups (broad SMARTS) is 1. The Labute approximate surface area is 99.5 Å². The summed E-state index contributed by atoms with van der Waals surface area (Å²) in [6.07, 6.45) is -1.20. The Hall–Kier alpha value is -1.35. The van der Waals surface area contributed by atoms with Gasteiger partial charge in [-0.05, 0) is 5.41 Å². The highest BCUT2D eigenvalue weighted by molar-refractivity contribution is 7.88. The summed E-state index contributed by atoms with van der Waals surface area (Å²) in [4.78, 5) is 21.6. The van der Waals surface area contributed by atoms with Gasteiger partial charge in [0.25, 0.3) is 0 Å². The number of hydrogen-bond donors (Lipinski definition) is 3. The van der Waals surface area contributed by atoms with E-state index in [2.05, 4.69) is 4.74 Å².